The smallest absolute Gasteiger partial charge is 0.203 e. The van der Waals surface area contributed by atoms with E-state index in [-0.39, 0.29) is 16.7 Å². The third-order valence-corrected chi connectivity index (χ3v) is 9.41. The summed E-state index contributed by atoms with van der Waals surface area (Å²) < 4.78 is 67.7. The molecule has 2 fully saturated rings. The Kier molecular flexibility index (Phi) is 12.1. The van der Waals surface area contributed by atoms with Gasteiger partial charge in [-0.3, -0.25) is 9.69 Å². The maximum Gasteiger partial charge on any atom is 0.203 e. The summed E-state index contributed by atoms with van der Waals surface area (Å²) in [6.45, 7) is 7.90. The lowest BCUT2D eigenvalue weighted by atomic mass is 10.0. The molecule has 12 heteroatoms. The van der Waals surface area contributed by atoms with Gasteiger partial charge in [0.2, 0.25) is 5.75 Å². The second kappa shape index (κ2) is 15.8. The Morgan fingerprint density at radius 2 is 1.48 bits per heavy atom. The second-order valence-electron chi connectivity index (χ2n) is 11.0. The number of rotatable bonds is 16. The van der Waals surface area contributed by atoms with Crippen LogP contribution < -0.4 is 23.7 Å². The van der Waals surface area contributed by atoms with Crippen molar-refractivity contribution in [2.45, 2.75) is 56.6 Å². The fourth-order valence-electron chi connectivity index (χ4n) is 5.52. The van der Waals surface area contributed by atoms with E-state index in [9.17, 15) is 13.2 Å². The van der Waals surface area contributed by atoms with E-state index in [4.69, 9.17) is 33.2 Å². The highest BCUT2D eigenvalue weighted by Gasteiger charge is 2.33. The van der Waals surface area contributed by atoms with Crippen LogP contribution in [0.2, 0.25) is 0 Å². The molecule has 2 saturated heterocycles. The maximum absolute atomic E-state index is 13.5. The Bertz CT molecular complexity index is 1350. The third-order valence-electron chi connectivity index (χ3n) is 7.65. The van der Waals surface area contributed by atoms with E-state index in [0.29, 0.717) is 74.3 Å². The van der Waals surface area contributed by atoms with E-state index in [1.807, 2.05) is 25.1 Å². The Balaban J connectivity index is 1.64. The number of carbonyl (C=O) groups is 1. The summed E-state index contributed by atoms with van der Waals surface area (Å²) in [5.74, 6) is 0.932. The van der Waals surface area contributed by atoms with Crippen LogP contribution in [0.1, 0.15) is 62.9 Å². The van der Waals surface area contributed by atoms with Gasteiger partial charge in [-0.1, -0.05) is 6.92 Å². The molecule has 0 N–H and O–H groups in total. The van der Waals surface area contributed by atoms with Gasteiger partial charge in [-0.15, -0.1) is 0 Å². The number of morpholine rings is 1. The molecule has 2 heterocycles. The molecule has 0 aliphatic carbocycles. The van der Waals surface area contributed by atoms with Gasteiger partial charge in [-0.05, 0) is 68.0 Å². The highest BCUT2D eigenvalue weighted by atomic mass is 32.2. The number of sulfone groups is 1. The number of ketones is 1. The van der Waals surface area contributed by atoms with Crippen molar-refractivity contribution in [3.05, 3.63) is 35.4 Å². The van der Waals surface area contributed by atoms with Gasteiger partial charge in [-0.25, -0.2) is 8.42 Å². The molecule has 2 aromatic carbocycles. The number of benzene rings is 2. The van der Waals surface area contributed by atoms with Crippen LogP contribution in [0, 0.1) is 0 Å². The van der Waals surface area contributed by atoms with Crippen LogP contribution in [0.5, 0.6) is 28.7 Å². The van der Waals surface area contributed by atoms with Crippen LogP contribution in [0.15, 0.2) is 29.2 Å². The molecule has 0 unspecified atom stereocenters. The molecule has 2 aliphatic rings. The van der Waals surface area contributed by atoms with Crippen LogP contribution in [0.25, 0.3) is 0 Å². The van der Waals surface area contributed by atoms with Gasteiger partial charge < -0.3 is 33.2 Å². The number of Topliss-reactive ketones (excluding diaryl/α,β-unsaturated/α-hetero) is 1. The largest absolute Gasteiger partial charge is 0.493 e. The van der Waals surface area contributed by atoms with Crippen LogP contribution in [-0.4, -0.2) is 92.2 Å². The molecule has 0 amide bonds. The molecule has 2 aliphatic heterocycles. The number of hydrogen-bond acceptors (Lipinski definition) is 11. The Hall–Kier alpha value is -3.06. The third kappa shape index (κ3) is 8.35. The molecule has 2 aromatic rings. The van der Waals surface area contributed by atoms with Crippen molar-refractivity contribution in [1.29, 1.82) is 0 Å². The van der Waals surface area contributed by atoms with Gasteiger partial charge >= 0.3 is 0 Å². The molecule has 0 saturated carbocycles. The number of ether oxygens (including phenoxy) is 7. The number of carbonyl (C=O) groups excluding carboxylic acids is 1. The van der Waals surface area contributed by atoms with E-state index in [2.05, 4.69) is 4.90 Å². The quantitative estimate of drug-likeness (QED) is 0.242. The van der Waals surface area contributed by atoms with Gasteiger partial charge in [0.15, 0.2) is 32.8 Å². The van der Waals surface area contributed by atoms with E-state index in [0.717, 1.165) is 31.6 Å². The molecule has 11 nitrogen and oxygen atoms in total. The highest BCUT2D eigenvalue weighted by molar-refractivity contribution is 7.92. The molecular formula is C32H45NO10S. The standard InChI is InChI=1S/C32H45NO10S/c1-6-13-42-32-29(41-14-7-10-33-11-15-40-16-12-33)19-24(20-30(32)44(35,36)21-22(2)34)26-9-8-25(43-26)23-17-27(37-3)31(39-5)28(18-23)38-4/h17-20,25-26H,6-16,21H2,1-5H3/t25-,26-/m0/s1. The first-order valence-electron chi connectivity index (χ1n) is 15.1. The van der Waals surface area contributed by atoms with Crippen LogP contribution >= 0.6 is 0 Å². The molecule has 0 radical (unpaired) electrons. The van der Waals surface area contributed by atoms with Crippen molar-refractivity contribution in [1.82, 2.24) is 4.90 Å². The topological polar surface area (TPSA) is 119 Å². The van der Waals surface area contributed by atoms with Gasteiger partial charge in [-0.2, -0.15) is 0 Å². The average molecular weight is 636 g/mol. The first kappa shape index (κ1) is 33.8. The Morgan fingerprint density at radius 3 is 2.05 bits per heavy atom. The van der Waals surface area contributed by atoms with E-state index < -0.39 is 27.5 Å². The number of hydrogen-bond donors (Lipinski definition) is 0. The van der Waals surface area contributed by atoms with Crippen molar-refractivity contribution >= 4 is 15.6 Å². The minimum atomic E-state index is -4.01. The van der Waals surface area contributed by atoms with Crippen molar-refractivity contribution in [2.24, 2.45) is 0 Å². The SMILES string of the molecule is CCCOc1c(OCCCN2CCOCC2)cc([C@@H]2CC[C@@H](c3cc(OC)c(OC)c(OC)c3)O2)cc1S(=O)(=O)CC(C)=O. The summed E-state index contributed by atoms with van der Waals surface area (Å²) in [5, 5.41) is 0. The zero-order chi connectivity index (χ0) is 31.7. The van der Waals surface area contributed by atoms with Crippen LogP contribution in [0.3, 0.4) is 0 Å². The predicted molar refractivity (Wildman–Crippen MR) is 164 cm³/mol. The van der Waals surface area contributed by atoms with Crippen molar-refractivity contribution in [2.75, 3.05) is 73.1 Å². The lowest BCUT2D eigenvalue weighted by Gasteiger charge is -2.26. The lowest BCUT2D eigenvalue weighted by Crippen LogP contribution is -2.37. The zero-order valence-corrected chi connectivity index (χ0v) is 27.2. The fraction of sp³-hybridized carbons (Fsp3) is 0.594. The summed E-state index contributed by atoms with van der Waals surface area (Å²) in [6, 6.07) is 7.12. The van der Waals surface area contributed by atoms with Crippen LogP contribution in [-0.2, 0) is 24.1 Å². The molecular weight excluding hydrogens is 590 g/mol. The summed E-state index contributed by atoms with van der Waals surface area (Å²) in [7, 11) is 0.663. The van der Waals surface area contributed by atoms with Gasteiger partial charge in [0.25, 0.3) is 0 Å². The molecule has 0 aromatic heterocycles. The minimum Gasteiger partial charge on any atom is -0.493 e. The molecule has 4 rings (SSSR count). The lowest BCUT2D eigenvalue weighted by molar-refractivity contribution is -0.114. The van der Waals surface area contributed by atoms with Crippen molar-refractivity contribution in [3.63, 3.8) is 0 Å². The summed E-state index contributed by atoms with van der Waals surface area (Å²) >= 11 is 0. The van der Waals surface area contributed by atoms with Gasteiger partial charge in [0.05, 0.1) is 60.0 Å². The fourth-order valence-corrected chi connectivity index (χ4v) is 6.97. The average Bonchev–Trinajstić information content (AvgIpc) is 3.51. The predicted octanol–water partition coefficient (Wildman–Crippen LogP) is 4.56. The van der Waals surface area contributed by atoms with E-state index >= 15 is 0 Å². The summed E-state index contributed by atoms with van der Waals surface area (Å²) in [4.78, 5) is 14.2. The van der Waals surface area contributed by atoms with Crippen molar-refractivity contribution in [3.8, 4) is 28.7 Å². The Labute approximate surface area is 260 Å². The second-order valence-corrected chi connectivity index (χ2v) is 12.9. The normalized spacial score (nSPS) is 19.0. The van der Waals surface area contributed by atoms with Gasteiger partial charge in [0.1, 0.15) is 16.4 Å². The molecule has 44 heavy (non-hydrogen) atoms. The summed E-state index contributed by atoms with van der Waals surface area (Å²) in [6.07, 6.45) is 2.03. The minimum absolute atomic E-state index is 0.0540. The molecule has 244 valence electrons. The molecule has 0 spiro atoms. The highest BCUT2D eigenvalue weighted by Crippen LogP contribution is 2.48. The zero-order valence-electron chi connectivity index (χ0n) is 26.4. The maximum atomic E-state index is 13.5. The van der Waals surface area contributed by atoms with E-state index in [1.54, 1.807) is 27.4 Å². The van der Waals surface area contributed by atoms with Crippen molar-refractivity contribution < 1.29 is 46.4 Å². The molecule has 2 atom stereocenters. The monoisotopic (exact) mass is 635 g/mol. The number of nitrogens with zero attached hydrogens (tertiary/aromatic N) is 1. The van der Waals surface area contributed by atoms with E-state index in [1.165, 1.54) is 6.92 Å². The first-order valence-corrected chi connectivity index (χ1v) is 16.8. The van der Waals surface area contributed by atoms with Crippen LogP contribution in [0.4, 0.5) is 0 Å². The Morgan fingerprint density at radius 1 is 0.864 bits per heavy atom. The summed E-state index contributed by atoms with van der Waals surface area (Å²) in [5.41, 5.74) is 1.50. The first-order chi connectivity index (χ1) is 21.2. The van der Waals surface area contributed by atoms with Gasteiger partial charge in [0, 0.05) is 19.6 Å². The molecule has 0 bridgehead atoms. The number of methoxy groups -OCH3 is 3.